The minimum Gasteiger partial charge on any atom is -0.393 e. The van der Waals surface area contributed by atoms with Crippen molar-refractivity contribution in [1.82, 2.24) is 19.6 Å². The summed E-state index contributed by atoms with van der Waals surface area (Å²) in [5.74, 6) is 0. The molecule has 7 nitrogen and oxygen atoms in total. The van der Waals surface area contributed by atoms with Crippen molar-refractivity contribution in [3.63, 3.8) is 0 Å². The van der Waals surface area contributed by atoms with Gasteiger partial charge in [0.25, 0.3) is 0 Å². The van der Waals surface area contributed by atoms with Gasteiger partial charge in [0.15, 0.2) is 0 Å². The predicted molar refractivity (Wildman–Crippen MR) is 78.7 cm³/mol. The van der Waals surface area contributed by atoms with E-state index >= 15 is 0 Å². The smallest absolute Gasteiger partial charge is 0.321 e. The number of amides is 2. The summed E-state index contributed by atoms with van der Waals surface area (Å²) in [6.45, 7) is 3.89. The highest BCUT2D eigenvalue weighted by atomic mass is 16.3. The van der Waals surface area contributed by atoms with Crippen LogP contribution in [0.5, 0.6) is 0 Å². The Hall–Kier alpha value is -1.60. The molecule has 0 saturated carbocycles. The van der Waals surface area contributed by atoms with Crippen LogP contribution in [-0.4, -0.2) is 71.1 Å². The number of aromatic nitrogens is 2. The van der Waals surface area contributed by atoms with E-state index in [1.807, 2.05) is 20.3 Å². The van der Waals surface area contributed by atoms with Crippen LogP contribution in [0.15, 0.2) is 12.4 Å². The van der Waals surface area contributed by atoms with Crippen molar-refractivity contribution in [2.75, 3.05) is 39.5 Å². The largest absolute Gasteiger partial charge is 0.393 e. The molecule has 0 aliphatic heterocycles. The zero-order valence-electron chi connectivity index (χ0n) is 12.7. The molecule has 2 N–H and O–H groups in total. The van der Waals surface area contributed by atoms with Crippen LogP contribution in [0, 0.1) is 0 Å². The number of carbonyl (C=O) groups excluding carboxylic acids is 1. The zero-order valence-corrected chi connectivity index (χ0v) is 12.7. The molecule has 0 aliphatic carbocycles. The average Bonchev–Trinajstić information content (AvgIpc) is 2.81. The predicted octanol–water partition coefficient (Wildman–Crippen LogP) is 0.679. The van der Waals surface area contributed by atoms with E-state index in [4.69, 9.17) is 0 Å². The van der Waals surface area contributed by atoms with Crippen LogP contribution in [0.1, 0.15) is 13.3 Å². The highest BCUT2D eigenvalue weighted by Crippen LogP contribution is 2.06. The molecule has 1 atom stereocenters. The SMILES string of the molecule is CC(O)CCN(C)C(=O)Nc1cnn(CCN(C)C)c1. The molecule has 0 radical (unpaired) electrons. The number of rotatable bonds is 7. The van der Waals surface area contributed by atoms with Crippen molar-refractivity contribution >= 4 is 11.7 Å². The number of urea groups is 1. The lowest BCUT2D eigenvalue weighted by Gasteiger charge is -2.18. The van der Waals surface area contributed by atoms with E-state index in [0.717, 1.165) is 13.1 Å². The minimum absolute atomic E-state index is 0.196. The second kappa shape index (κ2) is 7.86. The van der Waals surface area contributed by atoms with Crippen molar-refractivity contribution in [2.24, 2.45) is 0 Å². The van der Waals surface area contributed by atoms with Gasteiger partial charge in [-0.2, -0.15) is 5.10 Å². The number of anilines is 1. The molecule has 7 heteroatoms. The van der Waals surface area contributed by atoms with Gasteiger partial charge >= 0.3 is 6.03 Å². The van der Waals surface area contributed by atoms with Gasteiger partial charge in [0.2, 0.25) is 0 Å². The van der Waals surface area contributed by atoms with E-state index in [1.165, 1.54) is 0 Å². The number of likely N-dealkylation sites (N-methyl/N-ethyl adjacent to an activating group) is 1. The molecule has 0 saturated heterocycles. The Labute approximate surface area is 120 Å². The molecule has 1 unspecified atom stereocenters. The first-order chi connectivity index (χ1) is 9.38. The van der Waals surface area contributed by atoms with Gasteiger partial charge in [-0.05, 0) is 27.4 Å². The van der Waals surface area contributed by atoms with Gasteiger partial charge in [0.05, 0.1) is 24.5 Å². The Morgan fingerprint density at radius 2 is 2.15 bits per heavy atom. The topological polar surface area (TPSA) is 73.6 Å². The van der Waals surface area contributed by atoms with Crippen LogP contribution in [0.3, 0.4) is 0 Å². The molecule has 0 aromatic carbocycles. The summed E-state index contributed by atoms with van der Waals surface area (Å²) in [5.41, 5.74) is 0.678. The number of aliphatic hydroxyl groups is 1. The highest BCUT2D eigenvalue weighted by molar-refractivity contribution is 5.88. The summed E-state index contributed by atoms with van der Waals surface area (Å²) in [7, 11) is 5.71. The number of carbonyl (C=O) groups is 1. The molecule has 114 valence electrons. The minimum atomic E-state index is -0.404. The summed E-state index contributed by atoms with van der Waals surface area (Å²) < 4.78 is 1.80. The van der Waals surface area contributed by atoms with Gasteiger partial charge in [0.1, 0.15) is 0 Å². The summed E-state index contributed by atoms with van der Waals surface area (Å²) in [5, 5.41) is 16.2. The normalized spacial score (nSPS) is 12.5. The van der Waals surface area contributed by atoms with Crippen LogP contribution >= 0.6 is 0 Å². The van der Waals surface area contributed by atoms with E-state index < -0.39 is 6.10 Å². The van der Waals surface area contributed by atoms with E-state index in [9.17, 15) is 9.90 Å². The molecule has 0 spiro atoms. The number of hydrogen-bond acceptors (Lipinski definition) is 4. The Kier molecular flexibility index (Phi) is 6.47. The molecule has 0 aliphatic rings. The first kappa shape index (κ1) is 16.5. The van der Waals surface area contributed by atoms with Crippen molar-refractivity contribution in [2.45, 2.75) is 26.0 Å². The number of nitrogens with one attached hydrogen (secondary N) is 1. The third-order valence-electron chi connectivity index (χ3n) is 2.89. The van der Waals surface area contributed by atoms with Crippen LogP contribution in [-0.2, 0) is 6.54 Å². The number of nitrogens with zero attached hydrogens (tertiary/aromatic N) is 4. The summed E-state index contributed by atoms with van der Waals surface area (Å²) in [4.78, 5) is 15.5. The first-order valence-electron chi connectivity index (χ1n) is 6.76. The zero-order chi connectivity index (χ0) is 15.1. The highest BCUT2D eigenvalue weighted by Gasteiger charge is 2.10. The summed E-state index contributed by atoms with van der Waals surface area (Å²) in [6.07, 6.45) is 3.60. The van der Waals surface area contributed by atoms with Crippen LogP contribution in [0.4, 0.5) is 10.5 Å². The van der Waals surface area contributed by atoms with Gasteiger partial charge < -0.3 is 20.2 Å². The second-order valence-electron chi connectivity index (χ2n) is 5.28. The molecule has 1 aromatic heterocycles. The van der Waals surface area contributed by atoms with Crippen molar-refractivity contribution in [3.05, 3.63) is 12.4 Å². The fraction of sp³-hybridized carbons (Fsp3) is 0.692. The third kappa shape index (κ3) is 6.03. The van der Waals surface area contributed by atoms with Crippen molar-refractivity contribution < 1.29 is 9.90 Å². The third-order valence-corrected chi connectivity index (χ3v) is 2.89. The van der Waals surface area contributed by atoms with E-state index in [0.29, 0.717) is 18.7 Å². The van der Waals surface area contributed by atoms with Gasteiger partial charge in [-0.25, -0.2) is 4.79 Å². The summed E-state index contributed by atoms with van der Waals surface area (Å²) in [6, 6.07) is -0.196. The maximum Gasteiger partial charge on any atom is 0.321 e. The van der Waals surface area contributed by atoms with Gasteiger partial charge in [0, 0.05) is 26.3 Å². The molecular weight excluding hydrogens is 258 g/mol. The van der Waals surface area contributed by atoms with E-state index in [-0.39, 0.29) is 6.03 Å². The number of hydrogen-bond donors (Lipinski definition) is 2. The Morgan fingerprint density at radius 3 is 2.75 bits per heavy atom. The van der Waals surface area contributed by atoms with Crippen molar-refractivity contribution in [1.29, 1.82) is 0 Å². The Balaban J connectivity index is 2.41. The molecule has 0 bridgehead atoms. The van der Waals surface area contributed by atoms with E-state index in [1.54, 1.807) is 29.7 Å². The Morgan fingerprint density at radius 1 is 1.45 bits per heavy atom. The fourth-order valence-electron chi connectivity index (χ4n) is 1.55. The maximum absolute atomic E-state index is 11.9. The fourth-order valence-corrected chi connectivity index (χ4v) is 1.55. The first-order valence-corrected chi connectivity index (χ1v) is 6.76. The van der Waals surface area contributed by atoms with E-state index in [2.05, 4.69) is 15.3 Å². The maximum atomic E-state index is 11.9. The van der Waals surface area contributed by atoms with Crippen LogP contribution in [0.2, 0.25) is 0 Å². The number of aliphatic hydroxyl groups excluding tert-OH is 1. The molecule has 1 aromatic rings. The lowest BCUT2D eigenvalue weighted by molar-refractivity contribution is 0.167. The van der Waals surface area contributed by atoms with Crippen molar-refractivity contribution in [3.8, 4) is 0 Å². The Bertz CT molecular complexity index is 417. The molecule has 1 rings (SSSR count). The van der Waals surface area contributed by atoms with Gasteiger partial charge in [-0.1, -0.05) is 0 Å². The standard InChI is InChI=1S/C13H25N5O2/c1-11(19)5-6-17(4)13(20)15-12-9-14-18(10-12)8-7-16(2)3/h9-11,19H,5-8H2,1-4H3,(H,15,20). The molecule has 20 heavy (non-hydrogen) atoms. The average molecular weight is 283 g/mol. The lowest BCUT2D eigenvalue weighted by Crippen LogP contribution is -2.33. The van der Waals surface area contributed by atoms with Gasteiger partial charge in [-0.3, -0.25) is 4.68 Å². The van der Waals surface area contributed by atoms with Gasteiger partial charge in [-0.15, -0.1) is 0 Å². The molecular formula is C13H25N5O2. The quantitative estimate of drug-likeness (QED) is 0.772. The molecule has 1 heterocycles. The monoisotopic (exact) mass is 283 g/mol. The lowest BCUT2D eigenvalue weighted by atomic mass is 10.3. The molecule has 2 amide bonds. The van der Waals surface area contributed by atoms with Crippen LogP contribution in [0.25, 0.3) is 0 Å². The molecule has 0 fully saturated rings. The summed E-state index contributed by atoms with van der Waals surface area (Å²) >= 11 is 0. The second-order valence-corrected chi connectivity index (χ2v) is 5.28. The van der Waals surface area contributed by atoms with Crippen LogP contribution < -0.4 is 5.32 Å².